The number of aromatic nitrogens is 2. The van der Waals surface area contributed by atoms with Crippen molar-refractivity contribution < 1.29 is 5.11 Å². The largest absolute Gasteiger partial charge is 0.394 e. The van der Waals surface area contributed by atoms with Crippen LogP contribution in [0.4, 0.5) is 11.8 Å². The van der Waals surface area contributed by atoms with E-state index >= 15 is 0 Å². The van der Waals surface area contributed by atoms with Gasteiger partial charge in [-0.05, 0) is 19.8 Å². The van der Waals surface area contributed by atoms with Crippen LogP contribution >= 0.6 is 0 Å². The lowest BCUT2D eigenvalue weighted by atomic mass is 10.1. The van der Waals surface area contributed by atoms with Crippen molar-refractivity contribution in [2.24, 2.45) is 5.84 Å². The fourth-order valence-corrected chi connectivity index (χ4v) is 2.44. The zero-order valence-corrected chi connectivity index (χ0v) is 10.8. The molecule has 100 valence electrons. The van der Waals surface area contributed by atoms with Gasteiger partial charge in [-0.1, -0.05) is 12.8 Å². The third-order valence-electron chi connectivity index (χ3n) is 3.43. The maximum atomic E-state index is 9.54. The van der Waals surface area contributed by atoms with Crippen LogP contribution in [0.3, 0.4) is 0 Å². The first kappa shape index (κ1) is 13.0. The molecule has 4 N–H and O–H groups in total. The van der Waals surface area contributed by atoms with E-state index < -0.39 is 0 Å². The molecule has 2 heterocycles. The number of anilines is 2. The minimum absolute atomic E-state index is 0.145. The van der Waals surface area contributed by atoms with Crippen molar-refractivity contribution in [3.8, 4) is 0 Å². The molecule has 1 atom stereocenters. The number of rotatable bonds is 3. The summed E-state index contributed by atoms with van der Waals surface area (Å²) in [7, 11) is 0. The Morgan fingerprint density at radius 1 is 1.50 bits per heavy atom. The van der Waals surface area contributed by atoms with Crippen LogP contribution in [0.2, 0.25) is 0 Å². The summed E-state index contributed by atoms with van der Waals surface area (Å²) in [5.74, 6) is 6.64. The van der Waals surface area contributed by atoms with Crippen molar-refractivity contribution in [1.82, 2.24) is 9.97 Å². The standard InChI is InChI=1S/C12H21N5O/c1-9-7-14-12(16-13)15-11(9)17-6-4-2-3-5-10(17)8-18/h7,10,18H,2-6,8,13H2,1H3,(H,14,15,16). The van der Waals surface area contributed by atoms with Gasteiger partial charge in [-0.15, -0.1) is 0 Å². The Labute approximate surface area is 107 Å². The van der Waals surface area contributed by atoms with Gasteiger partial charge in [0.1, 0.15) is 5.82 Å². The zero-order chi connectivity index (χ0) is 13.0. The minimum atomic E-state index is 0.145. The van der Waals surface area contributed by atoms with Crippen molar-refractivity contribution in [3.05, 3.63) is 11.8 Å². The molecule has 0 amide bonds. The van der Waals surface area contributed by atoms with Crippen molar-refractivity contribution in [2.75, 3.05) is 23.5 Å². The van der Waals surface area contributed by atoms with E-state index in [-0.39, 0.29) is 12.6 Å². The topological polar surface area (TPSA) is 87.3 Å². The van der Waals surface area contributed by atoms with Crippen molar-refractivity contribution >= 4 is 11.8 Å². The first-order valence-electron chi connectivity index (χ1n) is 6.44. The van der Waals surface area contributed by atoms with Crippen molar-refractivity contribution in [1.29, 1.82) is 0 Å². The second-order valence-electron chi connectivity index (χ2n) is 4.72. The fourth-order valence-electron chi connectivity index (χ4n) is 2.44. The number of nitrogens with one attached hydrogen (secondary N) is 1. The molecule has 0 spiro atoms. The lowest BCUT2D eigenvalue weighted by molar-refractivity contribution is 0.254. The Bertz CT molecular complexity index is 398. The van der Waals surface area contributed by atoms with E-state index in [1.165, 1.54) is 6.42 Å². The van der Waals surface area contributed by atoms with E-state index in [1.54, 1.807) is 6.20 Å². The van der Waals surface area contributed by atoms with E-state index in [2.05, 4.69) is 20.3 Å². The average molecular weight is 251 g/mol. The number of nitrogens with two attached hydrogens (primary N) is 1. The van der Waals surface area contributed by atoms with Gasteiger partial charge in [0.05, 0.1) is 12.6 Å². The highest BCUT2D eigenvalue weighted by atomic mass is 16.3. The van der Waals surface area contributed by atoms with Gasteiger partial charge in [0.2, 0.25) is 5.95 Å². The monoisotopic (exact) mass is 251 g/mol. The molecule has 1 saturated heterocycles. The molecule has 0 bridgehead atoms. The second kappa shape index (κ2) is 5.97. The molecule has 18 heavy (non-hydrogen) atoms. The van der Waals surface area contributed by atoms with Crippen LogP contribution in [0.5, 0.6) is 0 Å². The van der Waals surface area contributed by atoms with E-state index in [4.69, 9.17) is 5.84 Å². The first-order chi connectivity index (χ1) is 8.76. The summed E-state index contributed by atoms with van der Waals surface area (Å²) in [6.45, 7) is 3.07. The molecule has 0 aromatic carbocycles. The molecular weight excluding hydrogens is 230 g/mol. The maximum absolute atomic E-state index is 9.54. The molecule has 6 nitrogen and oxygen atoms in total. The predicted octanol–water partition coefficient (Wildman–Crippen LogP) is 0.812. The Morgan fingerprint density at radius 3 is 3.06 bits per heavy atom. The molecular formula is C12H21N5O. The second-order valence-corrected chi connectivity index (χ2v) is 4.72. The Balaban J connectivity index is 2.31. The summed E-state index contributed by atoms with van der Waals surface area (Å²) in [6, 6.07) is 0.145. The molecule has 6 heteroatoms. The summed E-state index contributed by atoms with van der Waals surface area (Å²) in [6.07, 6.45) is 6.26. The van der Waals surface area contributed by atoms with Gasteiger partial charge in [-0.3, -0.25) is 5.43 Å². The lowest BCUT2D eigenvalue weighted by Crippen LogP contribution is -2.38. The quantitative estimate of drug-likeness (QED) is 0.544. The molecule has 1 unspecified atom stereocenters. The number of aryl methyl sites for hydroxylation is 1. The maximum Gasteiger partial charge on any atom is 0.239 e. The summed E-state index contributed by atoms with van der Waals surface area (Å²) >= 11 is 0. The molecule has 0 radical (unpaired) electrons. The van der Waals surface area contributed by atoms with Crippen LogP contribution in [-0.4, -0.2) is 34.3 Å². The fraction of sp³-hybridized carbons (Fsp3) is 0.667. The summed E-state index contributed by atoms with van der Waals surface area (Å²) in [4.78, 5) is 10.7. The van der Waals surface area contributed by atoms with Gasteiger partial charge in [0, 0.05) is 18.3 Å². The SMILES string of the molecule is Cc1cnc(NN)nc1N1CCCCCC1CO. The third-order valence-corrected chi connectivity index (χ3v) is 3.43. The Hall–Kier alpha value is -1.40. The van der Waals surface area contributed by atoms with Crippen LogP contribution < -0.4 is 16.2 Å². The van der Waals surface area contributed by atoms with Gasteiger partial charge in [0.25, 0.3) is 0 Å². The van der Waals surface area contributed by atoms with Crippen LogP contribution in [-0.2, 0) is 0 Å². The molecule has 1 aliphatic heterocycles. The zero-order valence-electron chi connectivity index (χ0n) is 10.8. The molecule has 2 rings (SSSR count). The molecule has 1 aliphatic rings. The number of aliphatic hydroxyl groups excluding tert-OH is 1. The highest BCUT2D eigenvalue weighted by molar-refractivity contribution is 5.49. The van der Waals surface area contributed by atoms with E-state index in [9.17, 15) is 5.11 Å². The number of nitrogens with zero attached hydrogens (tertiary/aromatic N) is 3. The average Bonchev–Trinajstić information content (AvgIpc) is 2.64. The van der Waals surface area contributed by atoms with E-state index in [0.29, 0.717) is 5.95 Å². The summed E-state index contributed by atoms with van der Waals surface area (Å²) in [5.41, 5.74) is 3.48. The predicted molar refractivity (Wildman–Crippen MR) is 71.3 cm³/mol. The molecule has 0 saturated carbocycles. The van der Waals surface area contributed by atoms with Gasteiger partial charge >= 0.3 is 0 Å². The van der Waals surface area contributed by atoms with Crippen LogP contribution in [0.1, 0.15) is 31.2 Å². The number of hydrogen-bond acceptors (Lipinski definition) is 6. The number of hydrogen-bond donors (Lipinski definition) is 3. The van der Waals surface area contributed by atoms with Gasteiger partial charge in [-0.2, -0.15) is 4.98 Å². The summed E-state index contributed by atoms with van der Waals surface area (Å²) < 4.78 is 0. The summed E-state index contributed by atoms with van der Waals surface area (Å²) in [5, 5.41) is 9.54. The van der Waals surface area contributed by atoms with Crippen molar-refractivity contribution in [3.63, 3.8) is 0 Å². The molecule has 1 fully saturated rings. The molecule has 0 aliphatic carbocycles. The normalized spacial score (nSPS) is 20.6. The number of aliphatic hydroxyl groups is 1. The third kappa shape index (κ3) is 2.70. The smallest absolute Gasteiger partial charge is 0.239 e. The molecule has 1 aromatic heterocycles. The van der Waals surface area contributed by atoms with E-state index in [0.717, 1.165) is 37.2 Å². The van der Waals surface area contributed by atoms with Crippen LogP contribution in [0, 0.1) is 6.92 Å². The van der Waals surface area contributed by atoms with E-state index in [1.807, 2.05) is 6.92 Å². The van der Waals surface area contributed by atoms with Crippen molar-refractivity contribution in [2.45, 2.75) is 38.6 Å². The van der Waals surface area contributed by atoms with Gasteiger partial charge in [0.15, 0.2) is 0 Å². The Morgan fingerprint density at radius 2 is 2.33 bits per heavy atom. The lowest BCUT2D eigenvalue weighted by Gasteiger charge is -2.30. The highest BCUT2D eigenvalue weighted by Crippen LogP contribution is 2.25. The first-order valence-corrected chi connectivity index (χ1v) is 6.44. The number of nitrogen functional groups attached to an aromatic ring is 1. The highest BCUT2D eigenvalue weighted by Gasteiger charge is 2.23. The van der Waals surface area contributed by atoms with Crippen LogP contribution in [0.25, 0.3) is 0 Å². The van der Waals surface area contributed by atoms with Gasteiger partial charge in [-0.25, -0.2) is 10.8 Å². The minimum Gasteiger partial charge on any atom is -0.394 e. The Kier molecular flexibility index (Phi) is 4.33. The molecule has 1 aromatic rings. The van der Waals surface area contributed by atoms with Crippen LogP contribution in [0.15, 0.2) is 6.20 Å². The number of hydrazine groups is 1. The van der Waals surface area contributed by atoms with Gasteiger partial charge < -0.3 is 10.0 Å².